The molecule has 0 saturated heterocycles. The Labute approximate surface area is 203 Å². The molecule has 1 aliphatic heterocycles. The van der Waals surface area contributed by atoms with Crippen molar-refractivity contribution in [1.29, 1.82) is 0 Å². The van der Waals surface area contributed by atoms with Crippen molar-refractivity contribution in [3.63, 3.8) is 0 Å². The Morgan fingerprint density at radius 1 is 1.26 bits per heavy atom. The van der Waals surface area contributed by atoms with Gasteiger partial charge >= 0.3 is 0 Å². The number of thiazole rings is 1. The molecule has 0 bridgehead atoms. The second-order valence-electron chi connectivity index (χ2n) is 9.65. The van der Waals surface area contributed by atoms with E-state index in [1.54, 1.807) is 0 Å². The molecule has 0 atom stereocenters. The molecule has 7 nitrogen and oxygen atoms in total. The number of hydrogen-bond acceptors (Lipinski definition) is 7. The third kappa shape index (κ3) is 7.40. The molecule has 0 aromatic carbocycles. The van der Waals surface area contributed by atoms with Crippen molar-refractivity contribution in [2.24, 2.45) is 5.92 Å². The van der Waals surface area contributed by atoms with Crippen molar-refractivity contribution in [2.75, 3.05) is 19.7 Å². The van der Waals surface area contributed by atoms with Crippen LogP contribution in [-0.4, -0.2) is 57.6 Å². The van der Waals surface area contributed by atoms with Crippen LogP contribution in [-0.2, 0) is 24.2 Å². The molecule has 2 aliphatic rings. The SMILES string of the molecule is Cc1ccc(CC(=O)N[C@H]2CC[C@H](CCN3CCc4sc(OCC(C)(F)F)nc4C3)CC2)nn1. The number of amides is 1. The molecule has 0 radical (unpaired) electrons. The lowest BCUT2D eigenvalue weighted by molar-refractivity contribution is -0.121. The average Bonchev–Trinajstić information content (AvgIpc) is 3.21. The number of ether oxygens (including phenoxy) is 1. The maximum absolute atomic E-state index is 13.0. The highest BCUT2D eigenvalue weighted by atomic mass is 32.1. The summed E-state index contributed by atoms with van der Waals surface area (Å²) >= 11 is 1.39. The van der Waals surface area contributed by atoms with Crippen molar-refractivity contribution in [3.05, 3.63) is 34.1 Å². The number of carbonyl (C=O) groups is 1. The fraction of sp³-hybridized carbons (Fsp3) is 0.667. The standard InChI is InChI=1S/C24H33F2N5O2S/c1-16-3-6-19(30-29-16)13-22(32)27-18-7-4-17(5-8-18)9-11-31-12-10-21-20(14-31)28-23(34-21)33-15-24(2,25)26/h3,6,17-18H,4-5,7-15H2,1-2H3,(H,27,32)/t17-,18-. The van der Waals surface area contributed by atoms with E-state index in [-0.39, 0.29) is 18.4 Å². The maximum Gasteiger partial charge on any atom is 0.278 e. The summed E-state index contributed by atoms with van der Waals surface area (Å²) in [7, 11) is 0. The van der Waals surface area contributed by atoms with E-state index < -0.39 is 12.5 Å². The van der Waals surface area contributed by atoms with E-state index in [1.165, 1.54) is 11.3 Å². The summed E-state index contributed by atoms with van der Waals surface area (Å²) in [5.41, 5.74) is 2.51. The summed E-state index contributed by atoms with van der Waals surface area (Å²) in [6, 6.07) is 3.97. The average molecular weight is 494 g/mol. The molecular weight excluding hydrogens is 460 g/mol. The summed E-state index contributed by atoms with van der Waals surface area (Å²) in [5.74, 6) is -2.17. The number of nitrogens with one attached hydrogen (secondary N) is 1. The zero-order valence-electron chi connectivity index (χ0n) is 19.9. The van der Waals surface area contributed by atoms with E-state index in [0.717, 1.165) is 81.3 Å². The highest BCUT2D eigenvalue weighted by Crippen LogP contribution is 2.32. The van der Waals surface area contributed by atoms with Crippen molar-refractivity contribution >= 4 is 17.2 Å². The van der Waals surface area contributed by atoms with Gasteiger partial charge in [-0.25, -0.2) is 13.8 Å². The number of fused-ring (bicyclic) bond motifs is 1. The molecule has 1 aliphatic carbocycles. The van der Waals surface area contributed by atoms with Crippen LogP contribution in [0.2, 0.25) is 0 Å². The van der Waals surface area contributed by atoms with Crippen LogP contribution in [0.15, 0.2) is 12.1 Å². The van der Waals surface area contributed by atoms with E-state index in [2.05, 4.69) is 25.4 Å². The van der Waals surface area contributed by atoms with Gasteiger partial charge in [0.05, 0.1) is 23.5 Å². The highest BCUT2D eigenvalue weighted by Gasteiger charge is 2.27. The van der Waals surface area contributed by atoms with E-state index >= 15 is 0 Å². The molecule has 34 heavy (non-hydrogen) atoms. The number of alkyl halides is 2. The van der Waals surface area contributed by atoms with Crippen LogP contribution in [0, 0.1) is 12.8 Å². The van der Waals surface area contributed by atoms with Crippen molar-refractivity contribution in [1.82, 2.24) is 25.4 Å². The molecule has 0 unspecified atom stereocenters. The number of carbonyl (C=O) groups excluding carboxylic acids is 1. The van der Waals surface area contributed by atoms with Gasteiger partial charge in [0, 0.05) is 30.9 Å². The van der Waals surface area contributed by atoms with Crippen molar-refractivity contribution < 1.29 is 18.3 Å². The fourth-order valence-electron chi connectivity index (χ4n) is 4.59. The largest absolute Gasteiger partial charge is 0.464 e. The third-order valence-corrected chi connectivity index (χ3v) is 7.57. The number of aromatic nitrogens is 3. The highest BCUT2D eigenvalue weighted by molar-refractivity contribution is 7.13. The smallest absolute Gasteiger partial charge is 0.278 e. The summed E-state index contributed by atoms with van der Waals surface area (Å²) in [6.07, 6.45) is 6.55. The predicted molar refractivity (Wildman–Crippen MR) is 126 cm³/mol. The monoisotopic (exact) mass is 493 g/mol. The normalized spacial score (nSPS) is 21.2. The van der Waals surface area contributed by atoms with Crippen LogP contribution < -0.4 is 10.1 Å². The number of rotatable bonds is 9. The molecule has 186 valence electrons. The molecule has 0 spiro atoms. The first-order valence-corrected chi connectivity index (χ1v) is 12.9. The van der Waals surface area contributed by atoms with Gasteiger partial charge in [-0.2, -0.15) is 10.2 Å². The Balaban J connectivity index is 1.15. The van der Waals surface area contributed by atoms with E-state index in [0.29, 0.717) is 16.8 Å². The maximum atomic E-state index is 13.0. The lowest BCUT2D eigenvalue weighted by atomic mass is 9.84. The molecule has 4 rings (SSSR count). The van der Waals surface area contributed by atoms with Gasteiger partial charge in [0.15, 0.2) is 6.61 Å². The molecular formula is C24H33F2N5O2S. The summed E-state index contributed by atoms with van der Waals surface area (Å²) in [4.78, 5) is 20.3. The van der Waals surface area contributed by atoms with E-state index in [4.69, 9.17) is 4.74 Å². The Morgan fingerprint density at radius 2 is 2.06 bits per heavy atom. The zero-order valence-corrected chi connectivity index (χ0v) is 20.7. The topological polar surface area (TPSA) is 80.2 Å². The third-order valence-electron chi connectivity index (χ3n) is 6.50. The molecule has 1 amide bonds. The Morgan fingerprint density at radius 3 is 2.76 bits per heavy atom. The molecule has 1 saturated carbocycles. The van der Waals surface area contributed by atoms with Crippen LogP contribution >= 0.6 is 11.3 Å². The van der Waals surface area contributed by atoms with Crippen molar-refractivity contribution in [2.45, 2.75) is 77.3 Å². The summed E-state index contributed by atoms with van der Waals surface area (Å²) in [5, 5.41) is 11.6. The molecule has 10 heteroatoms. The first-order valence-electron chi connectivity index (χ1n) is 12.0. The molecule has 1 N–H and O–H groups in total. The van der Waals surface area contributed by atoms with Crippen LogP contribution in [0.4, 0.5) is 8.78 Å². The zero-order chi connectivity index (χ0) is 24.1. The molecule has 1 fully saturated rings. The van der Waals surface area contributed by atoms with Gasteiger partial charge in [0.25, 0.3) is 11.1 Å². The van der Waals surface area contributed by atoms with E-state index in [9.17, 15) is 13.6 Å². The van der Waals surface area contributed by atoms with Gasteiger partial charge in [-0.05, 0) is 70.0 Å². The second kappa shape index (κ2) is 11.0. The summed E-state index contributed by atoms with van der Waals surface area (Å²) in [6.45, 7) is 4.82. The Hall–Kier alpha value is -2.20. The molecule has 2 aromatic heterocycles. The van der Waals surface area contributed by atoms with Gasteiger partial charge in [0.2, 0.25) is 5.91 Å². The lowest BCUT2D eigenvalue weighted by Gasteiger charge is -2.32. The minimum absolute atomic E-state index is 0.0139. The first kappa shape index (κ1) is 24.9. The Bertz CT molecular complexity index is 955. The van der Waals surface area contributed by atoms with Gasteiger partial charge in [-0.1, -0.05) is 11.3 Å². The number of hydrogen-bond donors (Lipinski definition) is 1. The molecule has 2 aromatic rings. The molecule has 3 heterocycles. The van der Waals surface area contributed by atoms with Crippen LogP contribution in [0.3, 0.4) is 0 Å². The van der Waals surface area contributed by atoms with Crippen LogP contribution in [0.25, 0.3) is 0 Å². The van der Waals surface area contributed by atoms with E-state index in [1.807, 2.05) is 19.1 Å². The predicted octanol–water partition coefficient (Wildman–Crippen LogP) is 3.94. The van der Waals surface area contributed by atoms with Crippen LogP contribution in [0.5, 0.6) is 5.19 Å². The number of halogens is 2. The first-order chi connectivity index (χ1) is 16.2. The number of aryl methyl sites for hydroxylation is 1. The summed E-state index contributed by atoms with van der Waals surface area (Å²) < 4.78 is 31.3. The van der Waals surface area contributed by atoms with Gasteiger partial charge < -0.3 is 10.1 Å². The Kier molecular flexibility index (Phi) is 8.08. The minimum atomic E-state index is -2.85. The van der Waals surface area contributed by atoms with Crippen molar-refractivity contribution in [3.8, 4) is 5.19 Å². The van der Waals surface area contributed by atoms with Gasteiger partial charge in [0.1, 0.15) is 0 Å². The number of nitrogens with zero attached hydrogens (tertiary/aromatic N) is 4. The fourth-order valence-corrected chi connectivity index (χ4v) is 5.50. The van der Waals surface area contributed by atoms with Crippen LogP contribution in [0.1, 0.15) is 61.0 Å². The minimum Gasteiger partial charge on any atom is -0.464 e. The second-order valence-corrected chi connectivity index (χ2v) is 10.7. The van der Waals surface area contributed by atoms with Gasteiger partial charge in [-0.3, -0.25) is 9.69 Å². The quantitative estimate of drug-likeness (QED) is 0.570. The van der Waals surface area contributed by atoms with Gasteiger partial charge in [-0.15, -0.1) is 0 Å². The lowest BCUT2D eigenvalue weighted by Crippen LogP contribution is -2.39.